The van der Waals surface area contributed by atoms with Gasteiger partial charge in [0.15, 0.2) is 11.6 Å². The maximum absolute atomic E-state index is 13.4. The summed E-state index contributed by atoms with van der Waals surface area (Å²) in [5.41, 5.74) is 0.596. The molecule has 0 saturated carbocycles. The summed E-state index contributed by atoms with van der Waals surface area (Å²) in [6.07, 6.45) is -0.0317. The van der Waals surface area contributed by atoms with Crippen molar-refractivity contribution in [2.75, 3.05) is 16.8 Å². The van der Waals surface area contributed by atoms with Crippen LogP contribution in [0.4, 0.5) is 20.2 Å². The summed E-state index contributed by atoms with van der Waals surface area (Å²) in [6, 6.07) is 7.81. The molecule has 1 N–H and O–H groups in total. The van der Waals surface area contributed by atoms with Crippen molar-refractivity contribution in [2.24, 2.45) is 5.92 Å². The molecule has 1 fully saturated rings. The first-order valence-electron chi connectivity index (χ1n) is 7.36. The van der Waals surface area contributed by atoms with E-state index >= 15 is 0 Å². The second-order valence-electron chi connectivity index (χ2n) is 5.62. The Balaban J connectivity index is 1.73. The maximum Gasteiger partial charge on any atom is 0.229 e. The van der Waals surface area contributed by atoms with E-state index in [0.29, 0.717) is 10.7 Å². The van der Waals surface area contributed by atoms with Crippen molar-refractivity contribution in [2.45, 2.75) is 6.42 Å². The van der Waals surface area contributed by atoms with Gasteiger partial charge in [-0.05, 0) is 30.3 Å². The predicted molar refractivity (Wildman–Crippen MR) is 91.9 cm³/mol. The third kappa shape index (κ3) is 3.75. The number of carbonyl (C=O) groups excluding carboxylic acids is 2. The molecular formula is C17H12Cl2F2N2O2. The number of rotatable bonds is 3. The summed E-state index contributed by atoms with van der Waals surface area (Å²) in [5, 5.41) is 3.36. The monoisotopic (exact) mass is 384 g/mol. The van der Waals surface area contributed by atoms with Crippen molar-refractivity contribution in [3.63, 3.8) is 0 Å². The van der Waals surface area contributed by atoms with Crippen molar-refractivity contribution in [3.05, 3.63) is 58.1 Å². The van der Waals surface area contributed by atoms with Crippen LogP contribution in [0.5, 0.6) is 0 Å². The van der Waals surface area contributed by atoms with E-state index in [0.717, 1.165) is 12.1 Å². The van der Waals surface area contributed by atoms with Gasteiger partial charge >= 0.3 is 0 Å². The summed E-state index contributed by atoms with van der Waals surface area (Å²) >= 11 is 11.8. The molecule has 2 aromatic carbocycles. The van der Waals surface area contributed by atoms with Crippen LogP contribution in [0.2, 0.25) is 10.0 Å². The summed E-state index contributed by atoms with van der Waals surface area (Å²) in [4.78, 5) is 25.8. The van der Waals surface area contributed by atoms with Gasteiger partial charge in [0.1, 0.15) is 0 Å². The van der Waals surface area contributed by atoms with E-state index in [2.05, 4.69) is 5.32 Å². The van der Waals surface area contributed by atoms with Crippen LogP contribution in [0.1, 0.15) is 6.42 Å². The molecule has 0 aromatic heterocycles. The summed E-state index contributed by atoms with van der Waals surface area (Å²) in [7, 11) is 0. The van der Waals surface area contributed by atoms with E-state index in [1.165, 1.54) is 17.0 Å². The highest BCUT2D eigenvalue weighted by atomic mass is 35.5. The van der Waals surface area contributed by atoms with Crippen LogP contribution in [0.25, 0.3) is 0 Å². The molecule has 4 nitrogen and oxygen atoms in total. The third-order valence-electron chi connectivity index (χ3n) is 3.90. The molecule has 0 aliphatic carbocycles. The molecule has 3 rings (SSSR count). The van der Waals surface area contributed by atoms with Crippen LogP contribution >= 0.6 is 23.2 Å². The Hall–Kier alpha value is -2.18. The van der Waals surface area contributed by atoms with Gasteiger partial charge in [0, 0.05) is 29.7 Å². The van der Waals surface area contributed by atoms with Gasteiger partial charge in [0.05, 0.1) is 16.6 Å². The smallest absolute Gasteiger partial charge is 0.229 e. The fourth-order valence-electron chi connectivity index (χ4n) is 2.61. The Kier molecular flexibility index (Phi) is 4.92. The first kappa shape index (κ1) is 17.6. The van der Waals surface area contributed by atoms with Crippen LogP contribution in [0, 0.1) is 17.6 Å². The number of anilines is 2. The quantitative estimate of drug-likeness (QED) is 0.858. The van der Waals surface area contributed by atoms with E-state index < -0.39 is 17.6 Å². The lowest BCUT2D eigenvalue weighted by Crippen LogP contribution is -2.28. The number of amides is 2. The second kappa shape index (κ2) is 6.98. The van der Waals surface area contributed by atoms with Crippen LogP contribution in [-0.2, 0) is 9.59 Å². The number of nitrogens with one attached hydrogen (secondary N) is 1. The van der Waals surface area contributed by atoms with E-state index in [9.17, 15) is 18.4 Å². The number of halogens is 4. The zero-order valence-corrected chi connectivity index (χ0v) is 14.2. The lowest BCUT2D eigenvalue weighted by Gasteiger charge is -2.17. The number of nitrogens with zero attached hydrogens (tertiary/aromatic N) is 1. The van der Waals surface area contributed by atoms with Gasteiger partial charge in [0.2, 0.25) is 11.8 Å². The van der Waals surface area contributed by atoms with Gasteiger partial charge in [-0.2, -0.15) is 0 Å². The van der Waals surface area contributed by atoms with Gasteiger partial charge in [-0.25, -0.2) is 8.78 Å². The van der Waals surface area contributed by atoms with Gasteiger partial charge < -0.3 is 10.2 Å². The summed E-state index contributed by atoms with van der Waals surface area (Å²) in [6.45, 7) is 0.0704. The number of hydrogen-bond donors (Lipinski definition) is 1. The SMILES string of the molecule is O=C(Nc1ccc(Cl)cc1Cl)C1CC(=O)N(c2ccc(F)c(F)c2)C1. The lowest BCUT2D eigenvalue weighted by atomic mass is 10.1. The molecule has 0 spiro atoms. The highest BCUT2D eigenvalue weighted by molar-refractivity contribution is 6.36. The molecule has 25 heavy (non-hydrogen) atoms. The minimum Gasteiger partial charge on any atom is -0.324 e. The molecule has 1 aliphatic rings. The third-order valence-corrected chi connectivity index (χ3v) is 4.45. The first-order chi connectivity index (χ1) is 11.8. The molecule has 1 heterocycles. The Morgan fingerprint density at radius 1 is 1.12 bits per heavy atom. The Bertz CT molecular complexity index is 861. The number of hydrogen-bond acceptors (Lipinski definition) is 2. The van der Waals surface area contributed by atoms with E-state index in [1.807, 2.05) is 0 Å². The molecule has 1 atom stereocenters. The first-order valence-corrected chi connectivity index (χ1v) is 8.12. The van der Waals surface area contributed by atoms with Crippen molar-refractivity contribution >= 4 is 46.4 Å². The largest absolute Gasteiger partial charge is 0.324 e. The van der Waals surface area contributed by atoms with E-state index in [4.69, 9.17) is 23.2 Å². The van der Waals surface area contributed by atoms with Crippen LogP contribution < -0.4 is 10.2 Å². The second-order valence-corrected chi connectivity index (χ2v) is 6.46. The Morgan fingerprint density at radius 2 is 1.88 bits per heavy atom. The molecule has 1 unspecified atom stereocenters. The molecule has 2 aromatic rings. The lowest BCUT2D eigenvalue weighted by molar-refractivity contribution is -0.122. The zero-order chi connectivity index (χ0) is 18.1. The van der Waals surface area contributed by atoms with Crippen molar-refractivity contribution in [1.29, 1.82) is 0 Å². The molecule has 1 aliphatic heterocycles. The molecule has 0 bridgehead atoms. The average Bonchev–Trinajstić information content (AvgIpc) is 2.95. The molecule has 1 saturated heterocycles. The maximum atomic E-state index is 13.4. The van der Waals surface area contributed by atoms with Gasteiger partial charge in [-0.15, -0.1) is 0 Å². The minimum atomic E-state index is -1.05. The van der Waals surface area contributed by atoms with E-state index in [-0.39, 0.29) is 35.5 Å². The molecule has 2 amide bonds. The van der Waals surface area contributed by atoms with Crippen LogP contribution in [-0.4, -0.2) is 18.4 Å². The predicted octanol–water partition coefficient (Wildman–Crippen LogP) is 4.26. The minimum absolute atomic E-state index is 0.0317. The average molecular weight is 385 g/mol. The van der Waals surface area contributed by atoms with Crippen molar-refractivity contribution in [1.82, 2.24) is 0 Å². The fraction of sp³-hybridized carbons (Fsp3) is 0.176. The summed E-state index contributed by atoms with van der Waals surface area (Å²) in [5.74, 6) is -3.41. The van der Waals surface area contributed by atoms with Crippen LogP contribution in [0.15, 0.2) is 36.4 Å². The highest BCUT2D eigenvalue weighted by Crippen LogP contribution is 2.29. The topological polar surface area (TPSA) is 49.4 Å². The standard InChI is InChI=1S/C17H12Cl2F2N2O2/c18-10-1-4-15(12(19)6-10)22-17(25)9-5-16(24)23(8-9)11-2-3-13(20)14(21)7-11/h1-4,6-7,9H,5,8H2,(H,22,25). The highest BCUT2D eigenvalue weighted by Gasteiger charge is 2.35. The van der Waals surface area contributed by atoms with Crippen molar-refractivity contribution in [3.8, 4) is 0 Å². The number of carbonyl (C=O) groups is 2. The Morgan fingerprint density at radius 3 is 2.56 bits per heavy atom. The van der Waals surface area contributed by atoms with E-state index in [1.54, 1.807) is 12.1 Å². The van der Waals surface area contributed by atoms with Gasteiger partial charge in [-0.3, -0.25) is 9.59 Å². The number of benzene rings is 2. The fourth-order valence-corrected chi connectivity index (χ4v) is 3.07. The molecule has 0 radical (unpaired) electrons. The molecule has 8 heteroatoms. The molecule has 130 valence electrons. The van der Waals surface area contributed by atoms with Gasteiger partial charge in [-0.1, -0.05) is 23.2 Å². The normalized spacial score (nSPS) is 17.0. The Labute approximate surface area is 152 Å². The van der Waals surface area contributed by atoms with Gasteiger partial charge in [0.25, 0.3) is 0 Å². The molecular weight excluding hydrogens is 373 g/mol. The zero-order valence-electron chi connectivity index (χ0n) is 12.7. The summed E-state index contributed by atoms with van der Waals surface area (Å²) < 4.78 is 26.4. The van der Waals surface area contributed by atoms with Crippen molar-refractivity contribution < 1.29 is 18.4 Å². The van der Waals surface area contributed by atoms with Crippen LogP contribution in [0.3, 0.4) is 0 Å².